The van der Waals surface area contributed by atoms with Crippen molar-refractivity contribution < 1.29 is 14.3 Å². The largest absolute Gasteiger partial charge is 0.465 e. The molecule has 1 unspecified atom stereocenters. The highest BCUT2D eigenvalue weighted by Gasteiger charge is 2.20. The molecule has 0 aliphatic rings. The van der Waals surface area contributed by atoms with Crippen molar-refractivity contribution in [1.82, 2.24) is 14.9 Å². The highest BCUT2D eigenvalue weighted by molar-refractivity contribution is 8.00. The van der Waals surface area contributed by atoms with E-state index in [9.17, 15) is 14.4 Å². The van der Waals surface area contributed by atoms with Gasteiger partial charge in [-0.25, -0.2) is 9.78 Å². The number of nitrogens with zero attached hydrogens (tertiary/aromatic N) is 2. The molecule has 0 spiro atoms. The molecule has 3 heterocycles. The summed E-state index contributed by atoms with van der Waals surface area (Å²) in [4.78, 5) is 43.6. The molecule has 0 saturated heterocycles. The van der Waals surface area contributed by atoms with Crippen LogP contribution in [0.15, 0.2) is 57.1 Å². The van der Waals surface area contributed by atoms with E-state index in [-0.39, 0.29) is 11.5 Å². The number of hydrogen-bond donors (Lipinski definition) is 1. The van der Waals surface area contributed by atoms with Gasteiger partial charge < -0.3 is 10.1 Å². The number of thiophene rings is 2. The summed E-state index contributed by atoms with van der Waals surface area (Å²) in [5.74, 6) is -0.573. The molecule has 1 atom stereocenters. The van der Waals surface area contributed by atoms with E-state index < -0.39 is 11.2 Å². The second kappa shape index (κ2) is 9.90. The summed E-state index contributed by atoms with van der Waals surface area (Å²) in [6.07, 6.45) is 0. The van der Waals surface area contributed by atoms with Crippen molar-refractivity contribution in [2.75, 3.05) is 7.11 Å². The van der Waals surface area contributed by atoms with Gasteiger partial charge in [-0.2, -0.15) is 0 Å². The minimum Gasteiger partial charge on any atom is -0.465 e. The maximum Gasteiger partial charge on any atom is 0.337 e. The van der Waals surface area contributed by atoms with Crippen molar-refractivity contribution in [2.45, 2.75) is 23.9 Å². The Morgan fingerprint density at radius 3 is 2.64 bits per heavy atom. The van der Waals surface area contributed by atoms with Crippen LogP contribution in [-0.4, -0.2) is 33.8 Å². The second-order valence-electron chi connectivity index (χ2n) is 7.23. The van der Waals surface area contributed by atoms with E-state index in [1.165, 1.54) is 34.8 Å². The fourth-order valence-corrected chi connectivity index (χ4v) is 5.89. The topological polar surface area (TPSA) is 90.3 Å². The first-order chi connectivity index (χ1) is 15.9. The SMILES string of the molecule is COC(=O)c1ccc(CNC(=O)C(C)Sc2nc3scc(-c4cccs4)c3c(=O)n2C)cc1. The zero-order valence-electron chi connectivity index (χ0n) is 18.2. The Bertz CT molecular complexity index is 1360. The van der Waals surface area contributed by atoms with Crippen LogP contribution in [0.1, 0.15) is 22.8 Å². The molecule has 0 aliphatic heterocycles. The molecule has 1 aromatic carbocycles. The smallest absolute Gasteiger partial charge is 0.337 e. The predicted octanol–water partition coefficient (Wildman–Crippen LogP) is 4.31. The number of esters is 1. The number of ether oxygens (including phenoxy) is 1. The molecular formula is C23H21N3O4S3. The van der Waals surface area contributed by atoms with Crippen molar-refractivity contribution in [1.29, 1.82) is 0 Å². The van der Waals surface area contributed by atoms with Crippen LogP contribution in [0.4, 0.5) is 0 Å². The maximum absolute atomic E-state index is 13.1. The summed E-state index contributed by atoms with van der Waals surface area (Å²) in [5, 5.41) is 7.49. The Balaban J connectivity index is 1.45. The third-order valence-corrected chi connectivity index (χ3v) is 7.97. The van der Waals surface area contributed by atoms with Crippen LogP contribution in [0.5, 0.6) is 0 Å². The number of aromatic nitrogens is 2. The van der Waals surface area contributed by atoms with Crippen molar-refractivity contribution in [3.63, 3.8) is 0 Å². The van der Waals surface area contributed by atoms with Crippen LogP contribution in [0.2, 0.25) is 0 Å². The molecule has 33 heavy (non-hydrogen) atoms. The number of fused-ring (bicyclic) bond motifs is 1. The Morgan fingerprint density at radius 2 is 1.97 bits per heavy atom. The minimum absolute atomic E-state index is 0.120. The molecule has 0 bridgehead atoms. The Morgan fingerprint density at radius 1 is 1.21 bits per heavy atom. The molecule has 4 aromatic rings. The van der Waals surface area contributed by atoms with Gasteiger partial charge in [0.1, 0.15) is 4.83 Å². The molecule has 0 saturated carbocycles. The molecule has 4 rings (SSSR count). The molecule has 0 fully saturated rings. The number of carbonyl (C=O) groups is 2. The van der Waals surface area contributed by atoms with E-state index in [2.05, 4.69) is 15.0 Å². The number of thioether (sulfide) groups is 1. The highest BCUT2D eigenvalue weighted by atomic mass is 32.2. The average Bonchev–Trinajstić information content (AvgIpc) is 3.50. The van der Waals surface area contributed by atoms with Gasteiger partial charge in [0.2, 0.25) is 5.91 Å². The van der Waals surface area contributed by atoms with Crippen LogP contribution >= 0.6 is 34.4 Å². The minimum atomic E-state index is -0.452. The number of hydrogen-bond acceptors (Lipinski definition) is 8. The van der Waals surface area contributed by atoms with Crippen LogP contribution < -0.4 is 10.9 Å². The maximum atomic E-state index is 13.1. The number of rotatable bonds is 7. The lowest BCUT2D eigenvalue weighted by Crippen LogP contribution is -2.31. The zero-order valence-corrected chi connectivity index (χ0v) is 20.6. The van der Waals surface area contributed by atoms with Gasteiger partial charge in [0.25, 0.3) is 5.56 Å². The van der Waals surface area contributed by atoms with Crippen molar-refractivity contribution in [2.24, 2.45) is 7.05 Å². The van der Waals surface area contributed by atoms with E-state index in [0.29, 0.717) is 27.5 Å². The van der Waals surface area contributed by atoms with Gasteiger partial charge in [-0.3, -0.25) is 14.2 Å². The third-order valence-electron chi connectivity index (χ3n) is 5.05. The number of benzene rings is 1. The molecular weight excluding hydrogens is 478 g/mol. The van der Waals surface area contributed by atoms with Crippen LogP contribution in [-0.2, 0) is 23.1 Å². The van der Waals surface area contributed by atoms with Crippen molar-refractivity contribution in [3.8, 4) is 10.4 Å². The van der Waals surface area contributed by atoms with Gasteiger partial charge in [0.05, 0.1) is 23.3 Å². The summed E-state index contributed by atoms with van der Waals surface area (Å²) in [6.45, 7) is 2.11. The number of amides is 1. The normalized spacial score (nSPS) is 12.0. The first kappa shape index (κ1) is 23.2. The summed E-state index contributed by atoms with van der Waals surface area (Å²) in [6, 6.07) is 10.8. The quantitative estimate of drug-likeness (QED) is 0.232. The number of carbonyl (C=O) groups excluding carboxylic acids is 2. The second-order valence-corrected chi connectivity index (χ2v) is 10.3. The van der Waals surface area contributed by atoms with Gasteiger partial charge in [-0.1, -0.05) is 30.0 Å². The first-order valence-corrected chi connectivity index (χ1v) is 12.7. The van der Waals surface area contributed by atoms with E-state index in [0.717, 1.165) is 16.0 Å². The van der Waals surface area contributed by atoms with Gasteiger partial charge >= 0.3 is 5.97 Å². The molecule has 0 radical (unpaired) electrons. The van der Waals surface area contributed by atoms with Crippen LogP contribution in [0.3, 0.4) is 0 Å². The standard InChI is InChI=1S/C23H21N3O4S3/c1-13(19(27)24-11-14-6-8-15(9-7-14)22(29)30-3)33-23-25-20-18(21(28)26(23)2)16(12-32-20)17-5-4-10-31-17/h4-10,12-13H,11H2,1-3H3,(H,24,27). The highest BCUT2D eigenvalue weighted by Crippen LogP contribution is 2.34. The number of methoxy groups -OCH3 is 1. The molecule has 3 aromatic heterocycles. The van der Waals surface area contributed by atoms with E-state index in [4.69, 9.17) is 0 Å². The lowest BCUT2D eigenvalue weighted by molar-refractivity contribution is -0.120. The van der Waals surface area contributed by atoms with Gasteiger partial charge in [-0.05, 0) is 36.1 Å². The third kappa shape index (κ3) is 4.87. The van der Waals surface area contributed by atoms with Crippen LogP contribution in [0, 0.1) is 0 Å². The summed E-state index contributed by atoms with van der Waals surface area (Å²) in [5.41, 5.74) is 2.10. The Hall–Kier alpha value is -2.95. The number of nitrogens with one attached hydrogen (secondary N) is 1. The van der Waals surface area contributed by atoms with Gasteiger partial charge in [0.15, 0.2) is 5.16 Å². The Labute approximate surface area is 202 Å². The first-order valence-electron chi connectivity index (χ1n) is 10.0. The summed E-state index contributed by atoms with van der Waals surface area (Å²) in [7, 11) is 3.01. The van der Waals surface area contributed by atoms with Crippen molar-refractivity contribution in [3.05, 3.63) is 68.6 Å². The molecule has 7 nitrogen and oxygen atoms in total. The molecule has 1 N–H and O–H groups in total. The predicted molar refractivity (Wildman–Crippen MR) is 133 cm³/mol. The summed E-state index contributed by atoms with van der Waals surface area (Å²) >= 11 is 4.26. The fraction of sp³-hybridized carbons (Fsp3) is 0.217. The molecule has 1 amide bonds. The summed E-state index contributed by atoms with van der Waals surface area (Å²) < 4.78 is 6.19. The van der Waals surface area contributed by atoms with Gasteiger partial charge in [-0.15, -0.1) is 22.7 Å². The lowest BCUT2D eigenvalue weighted by Gasteiger charge is -2.14. The van der Waals surface area contributed by atoms with Crippen molar-refractivity contribution >= 4 is 56.5 Å². The molecule has 10 heteroatoms. The molecule has 0 aliphatic carbocycles. The van der Waals surface area contributed by atoms with Gasteiger partial charge in [0, 0.05) is 29.4 Å². The average molecular weight is 500 g/mol. The molecule has 170 valence electrons. The van der Waals surface area contributed by atoms with E-state index in [1.807, 2.05) is 22.9 Å². The van der Waals surface area contributed by atoms with Crippen LogP contribution in [0.25, 0.3) is 20.7 Å². The zero-order chi connectivity index (χ0) is 23.5. The fourth-order valence-electron chi connectivity index (χ4n) is 3.19. The monoisotopic (exact) mass is 499 g/mol. The Kier molecular flexibility index (Phi) is 6.96. The van der Waals surface area contributed by atoms with E-state index in [1.54, 1.807) is 49.6 Å². The lowest BCUT2D eigenvalue weighted by atomic mass is 10.1. The van der Waals surface area contributed by atoms with E-state index >= 15 is 0 Å².